The van der Waals surface area contributed by atoms with E-state index in [0.717, 1.165) is 6.54 Å². The lowest BCUT2D eigenvalue weighted by atomic mass is 10.0. The van der Waals surface area contributed by atoms with Gasteiger partial charge in [0, 0.05) is 11.6 Å². The highest BCUT2D eigenvalue weighted by Gasteiger charge is 2.12. The smallest absolute Gasteiger partial charge is 0.129 e. The molecule has 0 aliphatic rings. The van der Waals surface area contributed by atoms with Gasteiger partial charge in [-0.1, -0.05) is 19.1 Å². The van der Waals surface area contributed by atoms with Gasteiger partial charge in [0.15, 0.2) is 0 Å². The van der Waals surface area contributed by atoms with Gasteiger partial charge < -0.3 is 5.32 Å². The van der Waals surface area contributed by atoms with Gasteiger partial charge in [-0.05, 0) is 25.1 Å². The number of halogens is 2. The molecule has 15 heavy (non-hydrogen) atoms. The molecule has 0 spiro atoms. The number of rotatable bonds is 5. The molecule has 0 radical (unpaired) electrons. The van der Waals surface area contributed by atoms with E-state index >= 15 is 0 Å². The molecule has 1 atom stereocenters. The first-order valence-corrected chi connectivity index (χ1v) is 4.97. The van der Waals surface area contributed by atoms with Gasteiger partial charge in [0.1, 0.15) is 11.6 Å². The first-order valence-electron chi connectivity index (χ1n) is 4.97. The highest BCUT2D eigenvalue weighted by Crippen LogP contribution is 2.14. The van der Waals surface area contributed by atoms with Gasteiger partial charge >= 0.3 is 0 Å². The summed E-state index contributed by atoms with van der Waals surface area (Å²) in [6, 6.07) is 3.81. The summed E-state index contributed by atoms with van der Waals surface area (Å²) in [5.74, 6) is -1.00. The van der Waals surface area contributed by atoms with Crippen molar-refractivity contribution in [2.24, 2.45) is 0 Å². The third kappa shape index (κ3) is 3.13. The van der Waals surface area contributed by atoms with E-state index < -0.39 is 11.6 Å². The topological polar surface area (TPSA) is 12.0 Å². The summed E-state index contributed by atoms with van der Waals surface area (Å²) in [4.78, 5) is 0. The fraction of sp³-hybridized carbons (Fsp3) is 0.333. The van der Waals surface area contributed by atoms with Crippen molar-refractivity contribution in [1.29, 1.82) is 0 Å². The molecule has 1 N–H and O–H groups in total. The van der Waals surface area contributed by atoms with E-state index in [1.807, 2.05) is 6.92 Å². The maximum absolute atomic E-state index is 13.3. The molecule has 1 nitrogen and oxygen atoms in total. The minimum absolute atomic E-state index is 0.0959. The van der Waals surface area contributed by atoms with Crippen molar-refractivity contribution >= 4 is 0 Å². The highest BCUT2D eigenvalue weighted by molar-refractivity contribution is 5.21. The van der Waals surface area contributed by atoms with E-state index in [4.69, 9.17) is 0 Å². The summed E-state index contributed by atoms with van der Waals surface area (Å²) in [5, 5.41) is 3.08. The summed E-state index contributed by atoms with van der Waals surface area (Å²) in [5.41, 5.74) is 0.114. The van der Waals surface area contributed by atoms with Gasteiger partial charge in [0.25, 0.3) is 0 Å². The lowest BCUT2D eigenvalue weighted by molar-refractivity contribution is 0.527. The Hall–Kier alpha value is -1.22. The zero-order valence-corrected chi connectivity index (χ0v) is 8.76. The quantitative estimate of drug-likeness (QED) is 0.738. The van der Waals surface area contributed by atoms with Crippen LogP contribution in [0.3, 0.4) is 0 Å². The van der Waals surface area contributed by atoms with Gasteiger partial charge in [-0.3, -0.25) is 0 Å². The van der Waals surface area contributed by atoms with Crippen LogP contribution in [0.5, 0.6) is 0 Å². The van der Waals surface area contributed by atoms with Crippen LogP contribution in [0.15, 0.2) is 30.9 Å². The Morgan fingerprint density at radius 1 is 1.40 bits per heavy atom. The minimum atomic E-state index is -0.500. The molecule has 0 aromatic heterocycles. The normalized spacial score (nSPS) is 12.5. The molecular weight excluding hydrogens is 196 g/mol. The first kappa shape index (κ1) is 11.9. The second-order valence-electron chi connectivity index (χ2n) is 3.30. The Morgan fingerprint density at radius 3 is 2.47 bits per heavy atom. The predicted molar refractivity (Wildman–Crippen MR) is 57.7 cm³/mol. The average Bonchev–Trinajstić information content (AvgIpc) is 2.22. The molecule has 0 heterocycles. The van der Waals surface area contributed by atoms with Crippen molar-refractivity contribution in [3.63, 3.8) is 0 Å². The standard InChI is InChI=1S/C12H15F2N/c1-3-9(15-4-2)8-10-11(13)6-5-7-12(10)14/h3,5-7,9,15H,1,4,8H2,2H3. The molecule has 0 fully saturated rings. The lowest BCUT2D eigenvalue weighted by Crippen LogP contribution is -2.29. The fourth-order valence-electron chi connectivity index (χ4n) is 1.45. The zero-order valence-electron chi connectivity index (χ0n) is 8.76. The Bertz CT molecular complexity index is 316. The van der Waals surface area contributed by atoms with E-state index in [2.05, 4.69) is 11.9 Å². The number of nitrogens with one attached hydrogen (secondary N) is 1. The Kier molecular flexibility index (Phi) is 4.43. The van der Waals surface area contributed by atoms with Crippen molar-refractivity contribution in [1.82, 2.24) is 5.32 Å². The average molecular weight is 211 g/mol. The molecule has 1 unspecified atom stereocenters. The van der Waals surface area contributed by atoms with Crippen molar-refractivity contribution < 1.29 is 8.78 Å². The number of hydrogen-bond donors (Lipinski definition) is 1. The third-order valence-electron chi connectivity index (χ3n) is 2.24. The largest absolute Gasteiger partial charge is 0.310 e. The van der Waals surface area contributed by atoms with Gasteiger partial charge in [-0.25, -0.2) is 8.78 Å². The maximum Gasteiger partial charge on any atom is 0.129 e. The summed E-state index contributed by atoms with van der Waals surface area (Å²) in [6.45, 7) is 6.31. The molecule has 0 amide bonds. The maximum atomic E-state index is 13.3. The number of benzene rings is 1. The SMILES string of the molecule is C=CC(Cc1c(F)cccc1F)NCC. The molecule has 3 heteroatoms. The second-order valence-corrected chi connectivity index (χ2v) is 3.30. The molecule has 0 bridgehead atoms. The van der Waals surface area contributed by atoms with Crippen molar-refractivity contribution in [3.8, 4) is 0 Å². The van der Waals surface area contributed by atoms with Crippen LogP contribution < -0.4 is 5.32 Å². The molecule has 0 aliphatic carbocycles. The molecule has 1 aromatic rings. The predicted octanol–water partition coefficient (Wildman–Crippen LogP) is 2.67. The molecule has 1 rings (SSSR count). The van der Waals surface area contributed by atoms with E-state index in [-0.39, 0.29) is 18.0 Å². The number of likely N-dealkylation sites (N-methyl/N-ethyl adjacent to an activating group) is 1. The van der Waals surface area contributed by atoms with Gasteiger partial charge in [0.05, 0.1) is 0 Å². The molecule has 0 saturated carbocycles. The molecular formula is C12H15F2N. The van der Waals surface area contributed by atoms with Crippen LogP contribution in [-0.2, 0) is 6.42 Å². The van der Waals surface area contributed by atoms with Gasteiger partial charge in [-0.15, -0.1) is 6.58 Å². The Balaban J connectivity index is 2.82. The Labute approximate surface area is 88.8 Å². The van der Waals surface area contributed by atoms with Gasteiger partial charge in [-0.2, -0.15) is 0 Å². The first-order chi connectivity index (χ1) is 7.19. The molecule has 0 aliphatic heterocycles. The van der Waals surface area contributed by atoms with Crippen molar-refractivity contribution in [3.05, 3.63) is 48.1 Å². The van der Waals surface area contributed by atoms with Crippen molar-refractivity contribution in [2.45, 2.75) is 19.4 Å². The molecule has 1 aromatic carbocycles. The van der Waals surface area contributed by atoms with Crippen molar-refractivity contribution in [2.75, 3.05) is 6.54 Å². The summed E-state index contributed by atoms with van der Waals surface area (Å²) >= 11 is 0. The molecule has 0 saturated heterocycles. The Morgan fingerprint density at radius 2 is 2.00 bits per heavy atom. The van der Waals surface area contributed by atoms with E-state index in [9.17, 15) is 8.78 Å². The van der Waals surface area contributed by atoms with Crippen LogP contribution in [-0.4, -0.2) is 12.6 Å². The highest BCUT2D eigenvalue weighted by atomic mass is 19.1. The van der Waals surface area contributed by atoms with Crippen LogP contribution in [0, 0.1) is 11.6 Å². The zero-order chi connectivity index (χ0) is 11.3. The fourth-order valence-corrected chi connectivity index (χ4v) is 1.45. The summed E-state index contributed by atoms with van der Waals surface area (Å²) < 4.78 is 26.6. The van der Waals surface area contributed by atoms with Crippen LogP contribution in [0.25, 0.3) is 0 Å². The van der Waals surface area contributed by atoms with E-state index in [1.54, 1.807) is 6.08 Å². The molecule has 82 valence electrons. The van der Waals surface area contributed by atoms with Crippen LogP contribution >= 0.6 is 0 Å². The van der Waals surface area contributed by atoms with Gasteiger partial charge in [0.2, 0.25) is 0 Å². The van der Waals surface area contributed by atoms with E-state index in [0.29, 0.717) is 0 Å². The monoisotopic (exact) mass is 211 g/mol. The number of hydrogen-bond acceptors (Lipinski definition) is 1. The second kappa shape index (κ2) is 5.61. The lowest BCUT2D eigenvalue weighted by Gasteiger charge is -2.14. The third-order valence-corrected chi connectivity index (χ3v) is 2.24. The van der Waals surface area contributed by atoms with Crippen LogP contribution in [0.4, 0.5) is 8.78 Å². The van der Waals surface area contributed by atoms with Crippen LogP contribution in [0.2, 0.25) is 0 Å². The minimum Gasteiger partial charge on any atom is -0.310 e. The van der Waals surface area contributed by atoms with Crippen LogP contribution in [0.1, 0.15) is 12.5 Å². The van der Waals surface area contributed by atoms with E-state index in [1.165, 1.54) is 18.2 Å². The summed E-state index contributed by atoms with van der Waals surface area (Å²) in [7, 11) is 0. The summed E-state index contributed by atoms with van der Waals surface area (Å²) in [6.07, 6.45) is 1.95.